The summed E-state index contributed by atoms with van der Waals surface area (Å²) in [4.78, 5) is 15.1. The van der Waals surface area contributed by atoms with Gasteiger partial charge in [-0.05, 0) is 61.1 Å². The van der Waals surface area contributed by atoms with Crippen LogP contribution in [0.15, 0.2) is 30.3 Å². The molecule has 1 amide bonds. The number of likely N-dealkylation sites (tertiary alicyclic amines) is 1. The van der Waals surface area contributed by atoms with Crippen LogP contribution in [0, 0.1) is 17.0 Å². The van der Waals surface area contributed by atoms with Gasteiger partial charge in [-0.2, -0.15) is 0 Å². The van der Waals surface area contributed by atoms with Gasteiger partial charge < -0.3 is 24.2 Å². The van der Waals surface area contributed by atoms with E-state index in [1.165, 1.54) is 27.4 Å². The first-order valence-electron chi connectivity index (χ1n) is 10.5. The van der Waals surface area contributed by atoms with Crippen LogP contribution in [0.25, 0.3) is 0 Å². The molecule has 32 heavy (non-hydrogen) atoms. The van der Waals surface area contributed by atoms with Crippen LogP contribution in [0.4, 0.5) is 8.78 Å². The van der Waals surface area contributed by atoms with Gasteiger partial charge in [-0.3, -0.25) is 4.79 Å². The van der Waals surface area contributed by atoms with Crippen molar-refractivity contribution in [2.75, 3.05) is 34.5 Å². The van der Waals surface area contributed by atoms with Gasteiger partial charge in [-0.1, -0.05) is 6.07 Å². The Bertz CT molecular complexity index is 942. The molecule has 0 radical (unpaired) electrons. The Kier molecular flexibility index (Phi) is 7.56. The molecular weight excluding hydrogens is 420 g/mol. The molecule has 1 aliphatic heterocycles. The molecule has 0 saturated carbocycles. The molecule has 0 aliphatic carbocycles. The first-order valence-corrected chi connectivity index (χ1v) is 10.5. The SMILES string of the molecule is COc1cc(CN2CCC(CCO)(CCc3ccc(F)c(F)c3)C2=O)cc(OC)c1OC. The van der Waals surface area contributed by atoms with Crippen LogP contribution in [0.1, 0.15) is 30.4 Å². The molecule has 1 atom stereocenters. The summed E-state index contributed by atoms with van der Waals surface area (Å²) in [5.74, 6) is -0.356. The van der Waals surface area contributed by atoms with Crippen molar-refractivity contribution in [2.24, 2.45) is 5.41 Å². The number of hydrogen-bond acceptors (Lipinski definition) is 5. The maximum Gasteiger partial charge on any atom is 0.229 e. The number of benzene rings is 2. The van der Waals surface area contributed by atoms with Gasteiger partial charge in [0.05, 0.1) is 26.7 Å². The van der Waals surface area contributed by atoms with Gasteiger partial charge in [0.25, 0.3) is 0 Å². The van der Waals surface area contributed by atoms with Crippen molar-refractivity contribution in [3.8, 4) is 17.2 Å². The minimum Gasteiger partial charge on any atom is -0.493 e. The number of aryl methyl sites for hydroxylation is 1. The lowest BCUT2D eigenvalue weighted by Gasteiger charge is -2.27. The van der Waals surface area contributed by atoms with Crippen molar-refractivity contribution in [1.29, 1.82) is 0 Å². The fourth-order valence-electron chi connectivity index (χ4n) is 4.37. The summed E-state index contributed by atoms with van der Waals surface area (Å²) in [6.07, 6.45) is 1.77. The van der Waals surface area contributed by atoms with Crippen LogP contribution in [-0.4, -0.2) is 50.4 Å². The van der Waals surface area contributed by atoms with Crippen LogP contribution in [0.3, 0.4) is 0 Å². The maximum absolute atomic E-state index is 13.6. The normalized spacial score (nSPS) is 18.2. The molecule has 0 spiro atoms. The lowest BCUT2D eigenvalue weighted by Crippen LogP contribution is -2.35. The van der Waals surface area contributed by atoms with Crippen LogP contribution in [0.2, 0.25) is 0 Å². The summed E-state index contributed by atoms with van der Waals surface area (Å²) < 4.78 is 42.9. The van der Waals surface area contributed by atoms with E-state index in [0.29, 0.717) is 61.6 Å². The van der Waals surface area contributed by atoms with Crippen molar-refractivity contribution >= 4 is 5.91 Å². The fraction of sp³-hybridized carbons (Fsp3) is 0.458. The highest BCUT2D eigenvalue weighted by Gasteiger charge is 2.45. The van der Waals surface area contributed by atoms with Gasteiger partial charge in [-0.25, -0.2) is 8.78 Å². The topological polar surface area (TPSA) is 68.2 Å². The monoisotopic (exact) mass is 449 g/mol. The average molecular weight is 449 g/mol. The van der Waals surface area contributed by atoms with Crippen molar-refractivity contribution in [3.63, 3.8) is 0 Å². The zero-order chi connectivity index (χ0) is 23.3. The second-order valence-corrected chi connectivity index (χ2v) is 8.01. The van der Waals surface area contributed by atoms with E-state index in [1.54, 1.807) is 4.90 Å². The smallest absolute Gasteiger partial charge is 0.229 e. The number of carbonyl (C=O) groups is 1. The van der Waals surface area contributed by atoms with E-state index in [4.69, 9.17) is 14.2 Å². The summed E-state index contributed by atoms with van der Waals surface area (Å²) >= 11 is 0. The number of aliphatic hydroxyl groups is 1. The summed E-state index contributed by atoms with van der Waals surface area (Å²) in [5, 5.41) is 9.63. The molecule has 1 N–H and O–H groups in total. The van der Waals surface area contributed by atoms with Crippen LogP contribution >= 0.6 is 0 Å². The quantitative estimate of drug-likeness (QED) is 0.599. The Hall–Kier alpha value is -2.87. The molecule has 1 aliphatic rings. The highest BCUT2D eigenvalue weighted by atomic mass is 19.2. The average Bonchev–Trinajstić information content (AvgIpc) is 3.09. The Morgan fingerprint density at radius 1 is 0.969 bits per heavy atom. The van der Waals surface area contributed by atoms with Crippen LogP contribution in [0.5, 0.6) is 17.2 Å². The van der Waals surface area contributed by atoms with Crippen LogP contribution < -0.4 is 14.2 Å². The van der Waals surface area contributed by atoms with E-state index in [-0.39, 0.29) is 12.5 Å². The lowest BCUT2D eigenvalue weighted by atomic mass is 9.78. The minimum atomic E-state index is -0.902. The molecule has 6 nitrogen and oxygen atoms in total. The number of aliphatic hydroxyl groups excluding tert-OH is 1. The number of ether oxygens (including phenoxy) is 3. The number of carbonyl (C=O) groups excluding carboxylic acids is 1. The van der Waals surface area contributed by atoms with Crippen molar-refractivity contribution in [3.05, 3.63) is 53.1 Å². The van der Waals surface area contributed by atoms with Gasteiger partial charge in [0.2, 0.25) is 11.7 Å². The summed E-state index contributed by atoms with van der Waals surface area (Å²) in [6.45, 7) is 0.767. The summed E-state index contributed by atoms with van der Waals surface area (Å²) in [6, 6.07) is 7.40. The van der Waals surface area contributed by atoms with Gasteiger partial charge in [0.15, 0.2) is 23.1 Å². The third kappa shape index (κ3) is 4.80. The van der Waals surface area contributed by atoms with Crippen molar-refractivity contribution in [2.45, 2.75) is 32.2 Å². The third-order valence-corrected chi connectivity index (χ3v) is 6.17. The molecule has 0 aromatic heterocycles. The van der Waals surface area contributed by atoms with Crippen molar-refractivity contribution in [1.82, 2.24) is 4.90 Å². The predicted octanol–water partition coefficient (Wildman–Crippen LogP) is 3.72. The van der Waals surface area contributed by atoms with E-state index < -0.39 is 17.0 Å². The molecule has 174 valence electrons. The summed E-state index contributed by atoms with van der Waals surface area (Å²) in [5.41, 5.74) is 0.714. The van der Waals surface area contributed by atoms with Gasteiger partial charge in [0.1, 0.15) is 0 Å². The zero-order valence-corrected chi connectivity index (χ0v) is 18.6. The number of hydrogen-bond donors (Lipinski definition) is 1. The summed E-state index contributed by atoms with van der Waals surface area (Å²) in [7, 11) is 4.60. The maximum atomic E-state index is 13.6. The third-order valence-electron chi connectivity index (χ3n) is 6.17. The Morgan fingerprint density at radius 2 is 1.66 bits per heavy atom. The van der Waals surface area contributed by atoms with Gasteiger partial charge >= 0.3 is 0 Å². The van der Waals surface area contributed by atoms with E-state index in [9.17, 15) is 18.7 Å². The molecule has 8 heteroatoms. The highest BCUT2D eigenvalue weighted by Crippen LogP contribution is 2.42. The number of rotatable bonds is 10. The lowest BCUT2D eigenvalue weighted by molar-refractivity contribution is -0.137. The second-order valence-electron chi connectivity index (χ2n) is 8.01. The van der Waals surface area contributed by atoms with E-state index in [2.05, 4.69) is 0 Å². The first-order chi connectivity index (χ1) is 15.4. The first kappa shape index (κ1) is 23.8. The highest BCUT2D eigenvalue weighted by molar-refractivity contribution is 5.85. The number of halogens is 2. The number of amides is 1. The minimum absolute atomic E-state index is 0.0529. The fourth-order valence-corrected chi connectivity index (χ4v) is 4.37. The van der Waals surface area contributed by atoms with E-state index in [0.717, 1.165) is 17.7 Å². The molecular formula is C24H29F2NO5. The Labute approximate surface area is 186 Å². The molecule has 1 unspecified atom stereocenters. The number of nitrogens with zero attached hydrogens (tertiary/aromatic N) is 1. The van der Waals surface area contributed by atoms with E-state index >= 15 is 0 Å². The largest absolute Gasteiger partial charge is 0.493 e. The van der Waals surface area contributed by atoms with E-state index in [1.807, 2.05) is 12.1 Å². The Morgan fingerprint density at radius 3 is 2.22 bits per heavy atom. The number of methoxy groups -OCH3 is 3. The van der Waals surface area contributed by atoms with Gasteiger partial charge in [-0.15, -0.1) is 0 Å². The van der Waals surface area contributed by atoms with Crippen molar-refractivity contribution < 1.29 is 32.9 Å². The second kappa shape index (κ2) is 10.2. The predicted molar refractivity (Wildman–Crippen MR) is 115 cm³/mol. The standard InChI is InChI=1S/C24H29F2NO5/c1-30-20-13-17(14-21(31-2)22(20)32-3)15-27-10-8-24(9-11-28,23(27)29)7-6-16-4-5-18(25)19(26)12-16/h4-5,12-14,28H,6-11,15H2,1-3H3. The Balaban J connectivity index is 1.78. The molecule has 1 saturated heterocycles. The molecule has 2 aromatic rings. The molecule has 2 aromatic carbocycles. The molecule has 0 bridgehead atoms. The molecule has 1 heterocycles. The van der Waals surface area contributed by atoms with Crippen LogP contribution in [-0.2, 0) is 17.8 Å². The molecule has 1 fully saturated rings. The zero-order valence-electron chi connectivity index (χ0n) is 18.6. The van der Waals surface area contributed by atoms with Gasteiger partial charge in [0, 0.05) is 19.7 Å². The molecule has 3 rings (SSSR count).